The molecule has 36 heavy (non-hydrogen) atoms. The molecule has 0 bridgehead atoms. The molecule has 0 spiro atoms. The number of nitrogens with one attached hydrogen (secondary N) is 1. The molecule has 4 rings (SSSR count). The Morgan fingerprint density at radius 1 is 0.972 bits per heavy atom. The molecule has 1 heterocycles. The van der Waals surface area contributed by atoms with Crippen LogP contribution in [0.15, 0.2) is 54.6 Å². The smallest absolute Gasteiger partial charge is 0.333 e. The Labute approximate surface area is 217 Å². The third-order valence-electron chi connectivity index (χ3n) is 7.20. The molecule has 6 heteroatoms. The first-order chi connectivity index (χ1) is 17.1. The Hall–Kier alpha value is -3.12. The molecule has 5 nitrogen and oxygen atoms in total. The molecule has 1 N–H and O–H groups in total. The molecule has 1 aliphatic rings. The number of rotatable bonds is 7. The number of fused-ring (bicyclic) bond motifs is 1. The van der Waals surface area contributed by atoms with Gasteiger partial charge >= 0.3 is 5.97 Å². The highest BCUT2D eigenvalue weighted by atomic mass is 32.1. The van der Waals surface area contributed by atoms with E-state index in [-0.39, 0.29) is 23.3 Å². The summed E-state index contributed by atoms with van der Waals surface area (Å²) in [5, 5.41) is 2.87. The van der Waals surface area contributed by atoms with Crippen LogP contribution < -0.4 is 10.1 Å². The van der Waals surface area contributed by atoms with Crippen molar-refractivity contribution >= 4 is 23.2 Å². The third kappa shape index (κ3) is 5.05. The van der Waals surface area contributed by atoms with Gasteiger partial charge in [0.1, 0.15) is 5.75 Å². The summed E-state index contributed by atoms with van der Waals surface area (Å²) in [6, 6.07) is 16.5. The fourth-order valence-electron chi connectivity index (χ4n) is 4.91. The van der Waals surface area contributed by atoms with Crippen LogP contribution in [-0.4, -0.2) is 25.6 Å². The van der Waals surface area contributed by atoms with Gasteiger partial charge in [0.2, 0.25) is 0 Å². The van der Waals surface area contributed by atoms with Gasteiger partial charge in [-0.1, -0.05) is 58.0 Å². The topological polar surface area (TPSA) is 64.6 Å². The van der Waals surface area contributed by atoms with Gasteiger partial charge in [-0.25, -0.2) is 4.79 Å². The van der Waals surface area contributed by atoms with Crippen LogP contribution in [0.1, 0.15) is 79.9 Å². The van der Waals surface area contributed by atoms with Crippen LogP contribution in [0.5, 0.6) is 5.75 Å². The standard InChI is InChI=1S/C30H35NO4S/c1-7-35-28(33)26(19-11-9-8-10-12-19)31-27(32)25-14-13-24(36-25)20-17-21-22(18-23(20)34-6)30(4,5)16-15-29(21,2)3/h8-14,17-18,26H,7,15-16H2,1-6H3,(H,31,32). The number of amides is 1. The highest BCUT2D eigenvalue weighted by molar-refractivity contribution is 7.17. The molecule has 0 aliphatic heterocycles. The number of esters is 1. The van der Waals surface area contributed by atoms with Crippen molar-refractivity contribution in [2.45, 2.75) is 64.3 Å². The molecule has 0 saturated carbocycles. The highest BCUT2D eigenvalue weighted by Crippen LogP contribution is 2.49. The lowest BCUT2D eigenvalue weighted by atomic mass is 9.63. The maximum atomic E-state index is 13.2. The van der Waals surface area contributed by atoms with Crippen molar-refractivity contribution in [3.63, 3.8) is 0 Å². The van der Waals surface area contributed by atoms with Crippen molar-refractivity contribution in [2.75, 3.05) is 13.7 Å². The minimum Gasteiger partial charge on any atom is -0.496 e. The van der Waals surface area contributed by atoms with Crippen molar-refractivity contribution in [1.29, 1.82) is 0 Å². The maximum absolute atomic E-state index is 13.2. The van der Waals surface area contributed by atoms with Gasteiger partial charge in [0, 0.05) is 10.4 Å². The fraction of sp³-hybridized carbons (Fsp3) is 0.400. The summed E-state index contributed by atoms with van der Waals surface area (Å²) in [4.78, 5) is 27.3. The van der Waals surface area contributed by atoms with E-state index in [0.29, 0.717) is 10.4 Å². The fourth-order valence-corrected chi connectivity index (χ4v) is 5.84. The van der Waals surface area contributed by atoms with Crippen LogP contribution >= 0.6 is 11.3 Å². The minimum atomic E-state index is -0.870. The van der Waals surface area contributed by atoms with Gasteiger partial charge in [0.25, 0.3) is 5.91 Å². The van der Waals surface area contributed by atoms with Crippen molar-refractivity contribution in [1.82, 2.24) is 5.32 Å². The van der Waals surface area contributed by atoms with Crippen LogP contribution in [0, 0.1) is 0 Å². The van der Waals surface area contributed by atoms with E-state index in [1.54, 1.807) is 20.1 Å². The lowest BCUT2D eigenvalue weighted by Gasteiger charge is -2.42. The molecule has 0 saturated heterocycles. The summed E-state index contributed by atoms with van der Waals surface area (Å²) in [5.41, 5.74) is 4.47. The predicted octanol–water partition coefficient (Wildman–Crippen LogP) is 6.81. The first kappa shape index (κ1) is 26.0. The number of hydrogen-bond donors (Lipinski definition) is 1. The van der Waals surface area contributed by atoms with Gasteiger partial charge < -0.3 is 14.8 Å². The molecule has 1 aliphatic carbocycles. The van der Waals surface area contributed by atoms with Gasteiger partial charge in [0.05, 0.1) is 18.6 Å². The Morgan fingerprint density at radius 2 is 1.61 bits per heavy atom. The van der Waals surface area contributed by atoms with Crippen molar-refractivity contribution in [3.05, 3.63) is 76.2 Å². The van der Waals surface area contributed by atoms with Crippen LogP contribution in [0.4, 0.5) is 0 Å². The average Bonchev–Trinajstić information content (AvgIpc) is 3.35. The normalized spacial score (nSPS) is 16.5. The lowest BCUT2D eigenvalue weighted by molar-refractivity contribution is -0.145. The molecular formula is C30H35NO4S. The highest BCUT2D eigenvalue weighted by Gasteiger charge is 2.38. The molecule has 1 atom stereocenters. The minimum absolute atomic E-state index is 0.0614. The monoisotopic (exact) mass is 505 g/mol. The molecule has 3 aromatic rings. The van der Waals surface area contributed by atoms with Gasteiger partial charge in [-0.05, 0) is 71.6 Å². The summed E-state index contributed by atoms with van der Waals surface area (Å²) in [6.45, 7) is 11.2. The zero-order chi connectivity index (χ0) is 26.1. The lowest BCUT2D eigenvalue weighted by Crippen LogP contribution is -2.34. The van der Waals surface area contributed by atoms with E-state index in [0.717, 1.165) is 29.0 Å². The average molecular weight is 506 g/mol. The van der Waals surface area contributed by atoms with Gasteiger partial charge in [-0.3, -0.25) is 4.79 Å². The van der Waals surface area contributed by atoms with Crippen molar-refractivity contribution in [3.8, 4) is 16.2 Å². The zero-order valence-electron chi connectivity index (χ0n) is 21.9. The van der Waals surface area contributed by atoms with Crippen LogP contribution in [0.2, 0.25) is 0 Å². The Bertz CT molecular complexity index is 1260. The van der Waals surface area contributed by atoms with E-state index in [9.17, 15) is 9.59 Å². The number of carbonyl (C=O) groups excluding carboxylic acids is 2. The first-order valence-electron chi connectivity index (χ1n) is 12.4. The molecule has 1 unspecified atom stereocenters. The summed E-state index contributed by atoms with van der Waals surface area (Å²) in [5.74, 6) is 0.0172. The maximum Gasteiger partial charge on any atom is 0.333 e. The largest absolute Gasteiger partial charge is 0.496 e. The summed E-state index contributed by atoms with van der Waals surface area (Å²) < 4.78 is 11.0. The Balaban J connectivity index is 1.67. The number of ether oxygens (including phenoxy) is 2. The second-order valence-electron chi connectivity index (χ2n) is 10.6. The molecule has 0 fully saturated rings. The third-order valence-corrected chi connectivity index (χ3v) is 8.32. The molecule has 1 aromatic heterocycles. The van der Waals surface area contributed by atoms with Crippen LogP contribution in [0.3, 0.4) is 0 Å². The zero-order valence-corrected chi connectivity index (χ0v) is 22.8. The van der Waals surface area contributed by atoms with Crippen molar-refractivity contribution in [2.24, 2.45) is 0 Å². The molecule has 2 aromatic carbocycles. The van der Waals surface area contributed by atoms with Gasteiger partial charge in [0.15, 0.2) is 6.04 Å². The first-order valence-corrected chi connectivity index (χ1v) is 13.2. The summed E-state index contributed by atoms with van der Waals surface area (Å²) in [6.07, 6.45) is 2.24. The predicted molar refractivity (Wildman–Crippen MR) is 145 cm³/mol. The quantitative estimate of drug-likeness (QED) is 0.358. The SMILES string of the molecule is CCOC(=O)C(NC(=O)c1ccc(-c2cc3c(cc2OC)C(C)(C)CCC3(C)C)s1)c1ccccc1. The molecule has 190 valence electrons. The second kappa shape index (κ2) is 10.1. The molecule has 0 radical (unpaired) electrons. The van der Waals surface area contributed by atoms with Crippen LogP contribution in [-0.2, 0) is 20.4 Å². The van der Waals surface area contributed by atoms with Gasteiger partial charge in [-0.15, -0.1) is 11.3 Å². The van der Waals surface area contributed by atoms with E-state index in [1.165, 1.54) is 22.5 Å². The summed E-state index contributed by atoms with van der Waals surface area (Å²) in [7, 11) is 1.69. The van der Waals surface area contributed by atoms with Crippen LogP contribution in [0.25, 0.3) is 10.4 Å². The van der Waals surface area contributed by atoms with Gasteiger partial charge in [-0.2, -0.15) is 0 Å². The number of carbonyl (C=O) groups is 2. The summed E-state index contributed by atoms with van der Waals surface area (Å²) >= 11 is 1.39. The number of hydrogen-bond acceptors (Lipinski definition) is 5. The van der Waals surface area contributed by atoms with E-state index < -0.39 is 12.0 Å². The van der Waals surface area contributed by atoms with E-state index >= 15 is 0 Å². The number of thiophene rings is 1. The molecule has 1 amide bonds. The van der Waals surface area contributed by atoms with E-state index in [2.05, 4.69) is 45.1 Å². The van der Waals surface area contributed by atoms with E-state index in [1.807, 2.05) is 36.4 Å². The number of benzene rings is 2. The van der Waals surface area contributed by atoms with E-state index in [4.69, 9.17) is 9.47 Å². The van der Waals surface area contributed by atoms with Crippen molar-refractivity contribution < 1.29 is 19.1 Å². The molecular weight excluding hydrogens is 470 g/mol. The second-order valence-corrected chi connectivity index (χ2v) is 11.7. The Morgan fingerprint density at radius 3 is 2.22 bits per heavy atom. The Kier molecular flexibility index (Phi) is 7.28. The number of methoxy groups -OCH3 is 1.